The van der Waals surface area contributed by atoms with Gasteiger partial charge in [-0.15, -0.1) is 23.1 Å². The minimum absolute atomic E-state index is 0.0216. The van der Waals surface area contributed by atoms with Crippen molar-refractivity contribution in [2.24, 2.45) is 11.3 Å². The van der Waals surface area contributed by atoms with Crippen LogP contribution in [0.5, 0.6) is 11.5 Å². The monoisotopic (exact) mass is 741 g/mol. The zero-order valence-corrected chi connectivity index (χ0v) is 31.7. The van der Waals surface area contributed by atoms with Crippen LogP contribution in [-0.4, -0.2) is 50.8 Å². The summed E-state index contributed by atoms with van der Waals surface area (Å²) in [6.07, 6.45) is 4.12. The summed E-state index contributed by atoms with van der Waals surface area (Å²) in [5.74, 6) is -0.175. The Labute approximate surface area is 312 Å². The lowest BCUT2D eigenvalue weighted by Gasteiger charge is -2.33. The molecule has 5 rings (SSSR count). The summed E-state index contributed by atoms with van der Waals surface area (Å²) < 4.78 is 16.0. The molecule has 3 amide bonds. The van der Waals surface area contributed by atoms with Crippen molar-refractivity contribution in [2.45, 2.75) is 44.9 Å². The Balaban J connectivity index is 1.30. The molecule has 1 atom stereocenters. The van der Waals surface area contributed by atoms with Crippen LogP contribution in [0.15, 0.2) is 83.4 Å². The molecule has 12 heteroatoms. The quantitative estimate of drug-likeness (QED) is 0.0761. The van der Waals surface area contributed by atoms with E-state index in [0.29, 0.717) is 44.8 Å². The van der Waals surface area contributed by atoms with Crippen LogP contribution in [0.3, 0.4) is 0 Å². The van der Waals surface area contributed by atoms with Crippen LogP contribution < -0.4 is 25.4 Å². The van der Waals surface area contributed by atoms with Gasteiger partial charge < -0.3 is 30.2 Å². The zero-order valence-electron chi connectivity index (χ0n) is 30.1. The van der Waals surface area contributed by atoms with Crippen LogP contribution in [-0.2, 0) is 27.2 Å². The molecule has 4 aromatic rings. The van der Waals surface area contributed by atoms with Gasteiger partial charge in [-0.3, -0.25) is 14.4 Å². The van der Waals surface area contributed by atoms with E-state index in [9.17, 15) is 19.2 Å². The number of methoxy groups -OCH3 is 3. The van der Waals surface area contributed by atoms with Gasteiger partial charge >= 0.3 is 5.97 Å². The van der Waals surface area contributed by atoms with E-state index in [4.69, 9.17) is 14.2 Å². The summed E-state index contributed by atoms with van der Waals surface area (Å²) in [7, 11) is 4.40. The molecule has 0 radical (unpaired) electrons. The number of carbonyl (C=O) groups excluding carboxylic acids is 4. The second-order valence-corrected chi connectivity index (χ2v) is 15.5. The third kappa shape index (κ3) is 9.42. The maximum absolute atomic E-state index is 13.7. The highest BCUT2D eigenvalue weighted by Crippen LogP contribution is 2.44. The minimum Gasteiger partial charge on any atom is -0.497 e. The standard InChI is InChI=1S/C40H43N3O7S2/c1-40(2,3)26-15-17-30-33(21-26)52-38(35(30)39(47)50-6)43-34(44)23-51-29-14-10-13-27(22-29)41-37(46)31(42-36(45)24-11-8-7-9-12-24)20-25-19-28(48-4)16-18-32(25)49-5/h7-14,16,18-20,22,26H,15,17,21,23H2,1-6H3,(H,41,46)(H,42,45)(H,43,44)/b31-20+. The predicted molar refractivity (Wildman–Crippen MR) is 206 cm³/mol. The molecule has 1 aliphatic rings. The van der Waals surface area contributed by atoms with Gasteiger partial charge in [0.15, 0.2) is 0 Å². The molecule has 3 aromatic carbocycles. The largest absolute Gasteiger partial charge is 0.497 e. The normalized spacial score (nSPS) is 14.1. The number of ether oxygens (including phenoxy) is 3. The highest BCUT2D eigenvalue weighted by Gasteiger charge is 2.34. The van der Waals surface area contributed by atoms with Crippen molar-refractivity contribution in [3.63, 3.8) is 0 Å². The zero-order chi connectivity index (χ0) is 37.4. The summed E-state index contributed by atoms with van der Waals surface area (Å²) in [6.45, 7) is 6.70. The summed E-state index contributed by atoms with van der Waals surface area (Å²) >= 11 is 2.74. The Bertz CT molecular complexity index is 1980. The maximum atomic E-state index is 13.7. The fraction of sp³-hybridized carbons (Fsp3) is 0.300. The lowest BCUT2D eigenvalue weighted by molar-refractivity contribution is -0.114. The number of anilines is 2. The van der Waals surface area contributed by atoms with Gasteiger partial charge in [0, 0.05) is 26.6 Å². The summed E-state index contributed by atoms with van der Waals surface area (Å²) in [6, 6.07) is 20.8. The molecule has 1 unspecified atom stereocenters. The first-order chi connectivity index (χ1) is 24.9. The van der Waals surface area contributed by atoms with Crippen LogP contribution in [0.2, 0.25) is 0 Å². The van der Waals surface area contributed by atoms with Crippen LogP contribution in [0.4, 0.5) is 10.7 Å². The van der Waals surface area contributed by atoms with Gasteiger partial charge in [-0.25, -0.2) is 4.79 Å². The second kappa shape index (κ2) is 17.0. The number of thiophene rings is 1. The maximum Gasteiger partial charge on any atom is 0.341 e. The molecule has 1 aliphatic carbocycles. The van der Waals surface area contributed by atoms with Crippen LogP contribution in [0.1, 0.15) is 63.9 Å². The van der Waals surface area contributed by atoms with E-state index in [-0.39, 0.29) is 22.8 Å². The summed E-state index contributed by atoms with van der Waals surface area (Å²) in [5.41, 5.74) is 2.90. The SMILES string of the molecule is COC(=O)c1c(NC(=O)CSc2cccc(NC(=O)/C(=C\c3cc(OC)ccc3OC)NC(=O)c3ccccc3)c2)sc2c1CCC(C(C)(C)C)C2. The lowest BCUT2D eigenvalue weighted by Crippen LogP contribution is -2.30. The molecule has 10 nitrogen and oxygen atoms in total. The first-order valence-corrected chi connectivity index (χ1v) is 18.6. The number of hydrogen-bond donors (Lipinski definition) is 3. The fourth-order valence-electron chi connectivity index (χ4n) is 5.95. The molecule has 1 heterocycles. The molecule has 0 saturated heterocycles. The van der Waals surface area contributed by atoms with Gasteiger partial charge in [0.05, 0.1) is 32.6 Å². The van der Waals surface area contributed by atoms with Gasteiger partial charge in [0.1, 0.15) is 22.2 Å². The van der Waals surface area contributed by atoms with Crippen molar-refractivity contribution in [2.75, 3.05) is 37.7 Å². The Morgan fingerprint density at radius 2 is 1.69 bits per heavy atom. The highest BCUT2D eigenvalue weighted by molar-refractivity contribution is 8.00. The molecular weight excluding hydrogens is 699 g/mol. The summed E-state index contributed by atoms with van der Waals surface area (Å²) in [5, 5.41) is 9.08. The van der Waals surface area contributed by atoms with Crippen molar-refractivity contribution in [1.82, 2.24) is 5.32 Å². The molecular formula is C40H43N3O7S2. The molecule has 1 aromatic heterocycles. The molecule has 0 bridgehead atoms. The Kier molecular flexibility index (Phi) is 12.5. The number of carbonyl (C=O) groups is 4. The van der Waals surface area contributed by atoms with Gasteiger partial charge in [0.25, 0.3) is 11.8 Å². The van der Waals surface area contributed by atoms with Crippen molar-refractivity contribution >= 4 is 63.6 Å². The van der Waals surface area contributed by atoms with E-state index >= 15 is 0 Å². The first-order valence-electron chi connectivity index (χ1n) is 16.8. The van der Waals surface area contributed by atoms with Crippen molar-refractivity contribution in [3.05, 3.63) is 106 Å². The van der Waals surface area contributed by atoms with Gasteiger partial charge in [-0.1, -0.05) is 45.0 Å². The Hall–Kier alpha value is -5.07. The molecule has 0 spiro atoms. The topological polar surface area (TPSA) is 132 Å². The number of benzene rings is 3. The third-order valence-electron chi connectivity index (χ3n) is 8.86. The number of thioether (sulfide) groups is 1. The van der Waals surface area contributed by atoms with Crippen LogP contribution in [0, 0.1) is 11.3 Å². The Morgan fingerprint density at radius 3 is 2.38 bits per heavy atom. The molecule has 0 aliphatic heterocycles. The number of rotatable bonds is 12. The number of hydrogen-bond acceptors (Lipinski definition) is 9. The highest BCUT2D eigenvalue weighted by atomic mass is 32.2. The molecule has 3 N–H and O–H groups in total. The predicted octanol–water partition coefficient (Wildman–Crippen LogP) is 7.84. The average Bonchev–Trinajstić information content (AvgIpc) is 3.50. The first kappa shape index (κ1) is 38.2. The number of nitrogens with one attached hydrogen (secondary N) is 3. The molecule has 0 fully saturated rings. The third-order valence-corrected chi connectivity index (χ3v) is 11.0. The molecule has 272 valence electrons. The van der Waals surface area contributed by atoms with Crippen molar-refractivity contribution in [1.29, 1.82) is 0 Å². The average molecular weight is 742 g/mol. The molecule has 0 saturated carbocycles. The number of amides is 3. The van der Waals surface area contributed by atoms with Crippen molar-refractivity contribution in [3.8, 4) is 11.5 Å². The van der Waals surface area contributed by atoms with E-state index in [1.807, 2.05) is 6.07 Å². The van der Waals surface area contributed by atoms with E-state index in [2.05, 4.69) is 36.7 Å². The number of esters is 1. The van der Waals surface area contributed by atoms with E-state index in [1.54, 1.807) is 66.7 Å². The van der Waals surface area contributed by atoms with E-state index in [1.165, 1.54) is 50.5 Å². The van der Waals surface area contributed by atoms with Crippen LogP contribution in [0.25, 0.3) is 6.08 Å². The minimum atomic E-state index is -0.570. The van der Waals surface area contributed by atoms with Crippen molar-refractivity contribution < 1.29 is 33.4 Å². The Morgan fingerprint density at radius 1 is 0.923 bits per heavy atom. The van der Waals surface area contributed by atoms with Gasteiger partial charge in [-0.05, 0) is 90.8 Å². The summed E-state index contributed by atoms with van der Waals surface area (Å²) in [4.78, 5) is 54.8. The van der Waals surface area contributed by atoms with E-state index < -0.39 is 17.8 Å². The van der Waals surface area contributed by atoms with E-state index in [0.717, 1.165) is 34.6 Å². The lowest BCUT2D eigenvalue weighted by atomic mass is 9.72. The second-order valence-electron chi connectivity index (χ2n) is 13.3. The number of fused-ring (bicyclic) bond motifs is 1. The van der Waals surface area contributed by atoms with Gasteiger partial charge in [-0.2, -0.15) is 0 Å². The fourth-order valence-corrected chi connectivity index (χ4v) is 8.04. The van der Waals surface area contributed by atoms with Gasteiger partial charge in [0.2, 0.25) is 5.91 Å². The van der Waals surface area contributed by atoms with Crippen LogP contribution >= 0.6 is 23.1 Å². The molecule has 52 heavy (non-hydrogen) atoms. The smallest absolute Gasteiger partial charge is 0.341 e.